The standard InChI is InChI=1S/C21H36FN5O3S.C7H8.C2H6/c1-5-6-27(31(4)29)20-11-16(21(28)24-13-18(23)12-22)10-19(25-20)26(7-8-30-3)14-17-9-15(17)2;1-7-5-3-2-4-6-7;1-2/h10-11,15,17-18H,5-9,12-14,23H2,1-4H3,(H,24,28);2-6H,1H3;1-2H3. The molecular weight excluding hydrogens is 529 g/mol. The molecule has 4 atom stereocenters. The maximum Gasteiger partial charge on any atom is 0.251 e. The molecule has 1 saturated carbocycles. The number of nitrogens with one attached hydrogen (secondary N) is 1. The van der Waals surface area contributed by atoms with Crippen LogP contribution in [0.15, 0.2) is 42.5 Å². The van der Waals surface area contributed by atoms with Crippen LogP contribution in [0.25, 0.3) is 0 Å². The molecule has 1 amide bonds. The van der Waals surface area contributed by atoms with Crippen molar-refractivity contribution < 1.29 is 18.1 Å². The van der Waals surface area contributed by atoms with Gasteiger partial charge in [-0.3, -0.25) is 9.10 Å². The highest BCUT2D eigenvalue weighted by molar-refractivity contribution is 7.85. The first-order valence-corrected chi connectivity index (χ1v) is 15.7. The van der Waals surface area contributed by atoms with Gasteiger partial charge in [0.15, 0.2) is 0 Å². The van der Waals surface area contributed by atoms with Gasteiger partial charge in [-0.15, -0.1) is 0 Å². The van der Waals surface area contributed by atoms with Crippen LogP contribution in [0.3, 0.4) is 0 Å². The molecule has 1 fully saturated rings. The van der Waals surface area contributed by atoms with Crippen LogP contribution < -0.4 is 20.3 Å². The molecule has 1 aromatic carbocycles. The van der Waals surface area contributed by atoms with Crippen LogP contribution in [0.1, 0.15) is 56.5 Å². The number of alkyl halides is 1. The van der Waals surface area contributed by atoms with E-state index in [2.05, 4.69) is 36.2 Å². The quantitative estimate of drug-likeness (QED) is 0.335. The third-order valence-corrected chi connectivity index (χ3v) is 7.33. The zero-order chi connectivity index (χ0) is 30.1. The van der Waals surface area contributed by atoms with Crippen molar-refractivity contribution in [3.8, 4) is 0 Å². The minimum Gasteiger partial charge on any atom is -0.383 e. The number of amides is 1. The predicted molar refractivity (Wildman–Crippen MR) is 166 cm³/mol. The maximum atomic E-state index is 12.8. The normalized spacial score (nSPS) is 16.8. The summed E-state index contributed by atoms with van der Waals surface area (Å²) in [7, 11) is 0.358. The van der Waals surface area contributed by atoms with Crippen molar-refractivity contribution >= 4 is 28.5 Å². The second kappa shape index (κ2) is 19.5. The van der Waals surface area contributed by atoms with Gasteiger partial charge in [-0.05, 0) is 43.7 Å². The monoisotopic (exact) mass is 579 g/mol. The molecule has 226 valence electrons. The Labute approximate surface area is 243 Å². The molecule has 8 nitrogen and oxygen atoms in total. The molecule has 1 heterocycles. The van der Waals surface area contributed by atoms with Crippen molar-refractivity contribution in [1.82, 2.24) is 10.3 Å². The lowest BCUT2D eigenvalue weighted by Crippen LogP contribution is -2.39. The zero-order valence-electron chi connectivity index (χ0n) is 25.4. The number of carbonyl (C=O) groups excluding carboxylic acids is 1. The lowest BCUT2D eigenvalue weighted by molar-refractivity contribution is 0.0950. The molecule has 0 bridgehead atoms. The largest absolute Gasteiger partial charge is 0.383 e. The first kappa shape index (κ1) is 35.5. The second-order valence-electron chi connectivity index (χ2n) is 9.79. The van der Waals surface area contributed by atoms with Gasteiger partial charge in [0.25, 0.3) is 5.91 Å². The SMILES string of the molecule is CC.CCCN(c1cc(C(=O)NCC(N)CF)cc(N(CCOC)CC2CC2C)n1)S(C)=O.Cc1ccccc1. The molecule has 1 aliphatic carbocycles. The number of halogens is 1. The minimum absolute atomic E-state index is 0.0354. The molecule has 1 aliphatic rings. The lowest BCUT2D eigenvalue weighted by atomic mass is 10.2. The molecule has 0 spiro atoms. The number of nitrogens with zero attached hydrogens (tertiary/aromatic N) is 3. The Bertz CT molecular complexity index is 1010. The highest BCUT2D eigenvalue weighted by Gasteiger charge is 2.34. The summed E-state index contributed by atoms with van der Waals surface area (Å²) >= 11 is 0. The summed E-state index contributed by atoms with van der Waals surface area (Å²) in [5.74, 6) is 2.00. The van der Waals surface area contributed by atoms with E-state index < -0.39 is 23.7 Å². The van der Waals surface area contributed by atoms with E-state index in [-0.39, 0.29) is 12.5 Å². The zero-order valence-corrected chi connectivity index (χ0v) is 26.2. The number of nitrogens with two attached hydrogens (primary N) is 1. The number of aryl methyl sites for hydroxylation is 1. The summed E-state index contributed by atoms with van der Waals surface area (Å²) in [5.41, 5.74) is 7.29. The van der Waals surface area contributed by atoms with Crippen molar-refractivity contribution in [3.05, 3.63) is 53.6 Å². The number of carbonyl (C=O) groups is 1. The fourth-order valence-corrected chi connectivity index (χ4v) is 4.65. The average Bonchev–Trinajstić information content (AvgIpc) is 3.67. The fraction of sp³-hybridized carbons (Fsp3) is 0.600. The minimum atomic E-state index is -1.29. The number of aromatic nitrogens is 1. The van der Waals surface area contributed by atoms with E-state index in [4.69, 9.17) is 15.5 Å². The number of ether oxygens (including phenoxy) is 1. The van der Waals surface area contributed by atoms with Gasteiger partial charge in [0.1, 0.15) is 29.3 Å². The summed E-state index contributed by atoms with van der Waals surface area (Å²) in [6, 6.07) is 12.9. The first-order chi connectivity index (χ1) is 19.2. The van der Waals surface area contributed by atoms with E-state index in [1.165, 1.54) is 12.0 Å². The van der Waals surface area contributed by atoms with E-state index in [1.54, 1.807) is 29.8 Å². The Balaban J connectivity index is 0.000000759. The summed E-state index contributed by atoms with van der Waals surface area (Å²) in [4.78, 5) is 19.7. The van der Waals surface area contributed by atoms with E-state index in [9.17, 15) is 13.4 Å². The van der Waals surface area contributed by atoms with Gasteiger partial charge in [0, 0.05) is 45.1 Å². The Morgan fingerprint density at radius 1 is 1.23 bits per heavy atom. The highest BCUT2D eigenvalue weighted by atomic mass is 32.2. The van der Waals surface area contributed by atoms with Gasteiger partial charge in [-0.1, -0.05) is 63.6 Å². The van der Waals surface area contributed by atoms with Crippen molar-refractivity contribution in [2.75, 3.05) is 62.0 Å². The Kier molecular flexibility index (Phi) is 17.3. The van der Waals surface area contributed by atoms with Gasteiger partial charge in [-0.2, -0.15) is 0 Å². The van der Waals surface area contributed by atoms with Gasteiger partial charge in [0.05, 0.1) is 12.6 Å². The third kappa shape index (κ3) is 12.7. The average molecular weight is 580 g/mol. The van der Waals surface area contributed by atoms with Gasteiger partial charge in [0.2, 0.25) is 0 Å². The van der Waals surface area contributed by atoms with E-state index in [0.717, 1.165) is 13.0 Å². The van der Waals surface area contributed by atoms with Gasteiger partial charge < -0.3 is 20.7 Å². The van der Waals surface area contributed by atoms with Gasteiger partial charge in [-0.25, -0.2) is 13.6 Å². The fourth-order valence-electron chi connectivity index (χ4n) is 3.85. The number of rotatable bonds is 14. The molecule has 0 aliphatic heterocycles. The molecule has 4 unspecified atom stereocenters. The maximum absolute atomic E-state index is 12.8. The summed E-state index contributed by atoms with van der Waals surface area (Å²) in [6.45, 7) is 12.1. The molecule has 3 N–H and O–H groups in total. The Hall–Kier alpha value is -2.56. The second-order valence-corrected chi connectivity index (χ2v) is 11.1. The summed E-state index contributed by atoms with van der Waals surface area (Å²) in [5, 5.41) is 2.68. The topological polar surface area (TPSA) is 101 Å². The number of anilines is 2. The van der Waals surface area contributed by atoms with Crippen molar-refractivity contribution in [3.63, 3.8) is 0 Å². The number of hydrogen-bond acceptors (Lipinski definition) is 6. The number of pyridine rings is 1. The molecular formula is C30H50FN5O3S. The van der Waals surface area contributed by atoms with Crippen LogP contribution in [0.2, 0.25) is 0 Å². The van der Waals surface area contributed by atoms with Crippen LogP contribution in [0.5, 0.6) is 0 Å². The number of methoxy groups -OCH3 is 1. The van der Waals surface area contributed by atoms with E-state index >= 15 is 0 Å². The highest BCUT2D eigenvalue weighted by Crippen LogP contribution is 2.39. The van der Waals surface area contributed by atoms with Crippen LogP contribution in [0.4, 0.5) is 16.0 Å². The Morgan fingerprint density at radius 2 is 1.85 bits per heavy atom. The van der Waals surface area contributed by atoms with Crippen molar-refractivity contribution in [1.29, 1.82) is 0 Å². The molecule has 1 aromatic heterocycles. The van der Waals surface area contributed by atoms with E-state index in [0.29, 0.717) is 48.7 Å². The lowest BCUT2D eigenvalue weighted by Gasteiger charge is -2.27. The Morgan fingerprint density at radius 3 is 2.33 bits per heavy atom. The van der Waals surface area contributed by atoms with Gasteiger partial charge >= 0.3 is 0 Å². The molecule has 2 aromatic rings. The van der Waals surface area contributed by atoms with E-state index in [1.807, 2.05) is 39.0 Å². The number of hydrogen-bond donors (Lipinski definition) is 2. The van der Waals surface area contributed by atoms with Crippen LogP contribution in [-0.2, 0) is 15.7 Å². The first-order valence-electron chi connectivity index (χ1n) is 14.2. The predicted octanol–water partition coefficient (Wildman–Crippen LogP) is 4.75. The molecule has 3 rings (SSSR count). The van der Waals surface area contributed by atoms with Crippen LogP contribution >= 0.6 is 0 Å². The molecule has 0 saturated heterocycles. The third-order valence-electron chi connectivity index (χ3n) is 6.34. The molecule has 40 heavy (non-hydrogen) atoms. The van der Waals surface area contributed by atoms with Crippen molar-refractivity contribution in [2.45, 2.75) is 53.5 Å². The number of benzene rings is 1. The summed E-state index contributed by atoms with van der Waals surface area (Å²) in [6.07, 6.45) is 3.54. The van der Waals surface area contributed by atoms with Crippen molar-refractivity contribution in [2.24, 2.45) is 17.6 Å². The van der Waals surface area contributed by atoms with Crippen LogP contribution in [0, 0.1) is 18.8 Å². The smallest absolute Gasteiger partial charge is 0.251 e. The molecule has 10 heteroatoms. The molecule has 0 radical (unpaired) electrons. The van der Waals surface area contributed by atoms with Crippen LogP contribution in [-0.4, -0.2) is 74.0 Å². The summed E-state index contributed by atoms with van der Waals surface area (Å²) < 4.78 is 32.0.